The van der Waals surface area contributed by atoms with Crippen LogP contribution >= 0.6 is 11.6 Å². The van der Waals surface area contributed by atoms with Gasteiger partial charge in [0, 0.05) is 27.5 Å². The van der Waals surface area contributed by atoms with Gasteiger partial charge in [-0.2, -0.15) is 0 Å². The number of benzene rings is 2. The fraction of sp³-hybridized carbons (Fsp3) is 0.200. The molecule has 6 heteroatoms. The molecule has 3 N–H and O–H groups in total. The molecule has 0 saturated carbocycles. The molecular formula is C20H18ClN3O2. The minimum Gasteiger partial charge on any atom is -0.351 e. The van der Waals surface area contributed by atoms with Gasteiger partial charge in [0.1, 0.15) is 11.7 Å². The smallest absolute Gasteiger partial charge is 0.268 e. The van der Waals surface area contributed by atoms with Crippen molar-refractivity contribution < 1.29 is 9.59 Å². The molecule has 0 fully saturated rings. The molecule has 0 aliphatic carbocycles. The lowest BCUT2D eigenvalue weighted by atomic mass is 9.84. The maximum atomic E-state index is 12.7. The molecule has 2 heterocycles. The topological polar surface area (TPSA) is 74.0 Å². The number of amides is 2. The third-order valence-corrected chi connectivity index (χ3v) is 5.09. The highest BCUT2D eigenvalue weighted by molar-refractivity contribution is 6.31. The number of anilines is 1. The molecule has 0 unspecified atom stereocenters. The van der Waals surface area contributed by atoms with Gasteiger partial charge in [-0.3, -0.25) is 9.59 Å². The van der Waals surface area contributed by atoms with E-state index < -0.39 is 6.04 Å². The number of halogens is 1. The van der Waals surface area contributed by atoms with Crippen LogP contribution in [0.4, 0.5) is 5.69 Å². The number of carbonyl (C=O) groups is 2. The Morgan fingerprint density at radius 3 is 2.81 bits per heavy atom. The fourth-order valence-corrected chi connectivity index (χ4v) is 3.75. The highest BCUT2D eigenvalue weighted by Gasteiger charge is 2.35. The number of rotatable bonds is 3. The second-order valence-electron chi connectivity index (χ2n) is 6.46. The van der Waals surface area contributed by atoms with E-state index in [1.165, 1.54) is 0 Å². The number of fused-ring (bicyclic) bond motifs is 2. The maximum Gasteiger partial charge on any atom is 0.268 e. The highest BCUT2D eigenvalue weighted by atomic mass is 35.5. The zero-order valence-corrected chi connectivity index (χ0v) is 14.9. The zero-order chi connectivity index (χ0) is 18.3. The number of carbonyl (C=O) groups excluding carboxylic acids is 2. The van der Waals surface area contributed by atoms with Crippen molar-refractivity contribution in [1.29, 1.82) is 0 Å². The Labute approximate surface area is 155 Å². The first kappa shape index (κ1) is 16.7. The van der Waals surface area contributed by atoms with E-state index >= 15 is 0 Å². The number of H-pyrrole nitrogens is 1. The van der Waals surface area contributed by atoms with Gasteiger partial charge < -0.3 is 15.6 Å². The van der Waals surface area contributed by atoms with Crippen LogP contribution in [0.2, 0.25) is 5.02 Å². The van der Waals surface area contributed by atoms with Crippen molar-refractivity contribution in [2.45, 2.75) is 25.3 Å². The summed E-state index contributed by atoms with van der Waals surface area (Å²) in [6.07, 6.45) is 0.748. The molecular weight excluding hydrogens is 350 g/mol. The van der Waals surface area contributed by atoms with Gasteiger partial charge in [-0.1, -0.05) is 36.7 Å². The standard InChI is InChI=1S/C20H18ClN3O2/c1-2-13-14-5-3-4-6-16(14)23-20(26)18(13)24-19(25)17-10-11-9-12(21)7-8-15(11)22-17/h3-10,13,18,22H,2H2,1H3,(H,23,26)(H,24,25)/t13-,18+/m0/s1. The second-order valence-corrected chi connectivity index (χ2v) is 6.89. The molecule has 2 atom stereocenters. The lowest BCUT2D eigenvalue weighted by Gasteiger charge is -2.32. The van der Waals surface area contributed by atoms with Crippen molar-refractivity contribution in [3.05, 3.63) is 64.8 Å². The molecule has 1 aliphatic heterocycles. The summed E-state index contributed by atoms with van der Waals surface area (Å²) in [6.45, 7) is 2.02. The van der Waals surface area contributed by atoms with Gasteiger partial charge in [0.05, 0.1) is 0 Å². The molecule has 4 rings (SSSR count). The molecule has 26 heavy (non-hydrogen) atoms. The summed E-state index contributed by atoms with van der Waals surface area (Å²) in [7, 11) is 0. The average Bonchev–Trinajstić information content (AvgIpc) is 3.05. The highest BCUT2D eigenvalue weighted by Crippen LogP contribution is 2.34. The summed E-state index contributed by atoms with van der Waals surface area (Å²) in [5.74, 6) is -0.568. The van der Waals surface area contributed by atoms with Crippen LogP contribution in [0, 0.1) is 0 Å². The zero-order valence-electron chi connectivity index (χ0n) is 14.2. The van der Waals surface area contributed by atoms with Crippen LogP contribution in [0.5, 0.6) is 0 Å². The molecule has 0 radical (unpaired) electrons. The Balaban J connectivity index is 1.62. The van der Waals surface area contributed by atoms with Crippen LogP contribution < -0.4 is 10.6 Å². The van der Waals surface area contributed by atoms with E-state index in [4.69, 9.17) is 11.6 Å². The van der Waals surface area contributed by atoms with E-state index in [0.717, 1.165) is 28.6 Å². The van der Waals surface area contributed by atoms with Crippen molar-refractivity contribution in [2.24, 2.45) is 0 Å². The Morgan fingerprint density at radius 1 is 1.19 bits per heavy atom. The van der Waals surface area contributed by atoms with E-state index in [1.54, 1.807) is 18.2 Å². The van der Waals surface area contributed by atoms with Crippen LogP contribution in [0.3, 0.4) is 0 Å². The van der Waals surface area contributed by atoms with Gasteiger partial charge in [-0.25, -0.2) is 0 Å². The van der Waals surface area contributed by atoms with Crippen LogP contribution in [0.25, 0.3) is 10.9 Å². The number of hydrogen-bond acceptors (Lipinski definition) is 2. The molecule has 2 aromatic carbocycles. The number of hydrogen-bond donors (Lipinski definition) is 3. The molecule has 3 aromatic rings. The van der Waals surface area contributed by atoms with Crippen LogP contribution in [-0.4, -0.2) is 22.8 Å². The molecule has 1 aliphatic rings. The van der Waals surface area contributed by atoms with Gasteiger partial charge in [0.2, 0.25) is 5.91 Å². The lowest BCUT2D eigenvalue weighted by molar-refractivity contribution is -0.118. The number of para-hydroxylation sites is 1. The summed E-state index contributed by atoms with van der Waals surface area (Å²) in [5.41, 5.74) is 3.09. The maximum absolute atomic E-state index is 12.7. The van der Waals surface area contributed by atoms with Gasteiger partial charge in [-0.15, -0.1) is 0 Å². The molecule has 2 amide bonds. The number of aromatic nitrogens is 1. The van der Waals surface area contributed by atoms with Crippen LogP contribution in [0.15, 0.2) is 48.5 Å². The van der Waals surface area contributed by atoms with Gasteiger partial charge in [0.25, 0.3) is 5.91 Å². The van der Waals surface area contributed by atoms with Crippen molar-refractivity contribution >= 4 is 40.0 Å². The monoisotopic (exact) mass is 367 g/mol. The summed E-state index contributed by atoms with van der Waals surface area (Å²) in [6, 6.07) is 14.2. The predicted molar refractivity (Wildman–Crippen MR) is 103 cm³/mol. The van der Waals surface area contributed by atoms with E-state index in [2.05, 4.69) is 15.6 Å². The summed E-state index contributed by atoms with van der Waals surface area (Å²) in [5, 5.41) is 7.23. The number of aromatic amines is 1. The van der Waals surface area contributed by atoms with Crippen LogP contribution in [-0.2, 0) is 4.79 Å². The van der Waals surface area contributed by atoms with E-state index in [1.807, 2.05) is 37.3 Å². The molecule has 5 nitrogen and oxygen atoms in total. The van der Waals surface area contributed by atoms with Crippen molar-refractivity contribution in [1.82, 2.24) is 10.3 Å². The predicted octanol–water partition coefficient (Wildman–Crippen LogP) is 4.07. The minimum absolute atomic E-state index is 0.0669. The van der Waals surface area contributed by atoms with Gasteiger partial charge in [-0.05, 0) is 42.3 Å². The Bertz CT molecular complexity index is 1010. The summed E-state index contributed by atoms with van der Waals surface area (Å²) in [4.78, 5) is 28.4. The third-order valence-electron chi connectivity index (χ3n) is 4.86. The number of nitrogens with one attached hydrogen (secondary N) is 3. The van der Waals surface area contributed by atoms with Gasteiger partial charge in [0.15, 0.2) is 0 Å². The first-order valence-corrected chi connectivity index (χ1v) is 8.93. The minimum atomic E-state index is -0.614. The van der Waals surface area contributed by atoms with Crippen molar-refractivity contribution in [2.75, 3.05) is 5.32 Å². The lowest BCUT2D eigenvalue weighted by Crippen LogP contribution is -2.50. The summed E-state index contributed by atoms with van der Waals surface area (Å²) >= 11 is 6.00. The van der Waals surface area contributed by atoms with E-state index in [-0.39, 0.29) is 17.7 Å². The van der Waals surface area contributed by atoms with Crippen LogP contribution in [0.1, 0.15) is 35.3 Å². The molecule has 132 valence electrons. The van der Waals surface area contributed by atoms with E-state index in [0.29, 0.717) is 10.7 Å². The van der Waals surface area contributed by atoms with Crippen molar-refractivity contribution in [3.63, 3.8) is 0 Å². The van der Waals surface area contributed by atoms with E-state index in [9.17, 15) is 9.59 Å². The SMILES string of the molecule is CC[C@H]1c2ccccc2NC(=O)[C@@H]1NC(=O)c1cc2cc(Cl)ccc2[nH]1. The molecule has 0 spiro atoms. The Kier molecular flexibility index (Phi) is 4.17. The Hall–Kier alpha value is -2.79. The average molecular weight is 368 g/mol. The fourth-order valence-electron chi connectivity index (χ4n) is 3.57. The second kappa shape index (κ2) is 6.50. The first-order valence-electron chi connectivity index (χ1n) is 8.55. The first-order chi connectivity index (χ1) is 12.6. The third kappa shape index (κ3) is 2.84. The van der Waals surface area contributed by atoms with Crippen molar-refractivity contribution in [3.8, 4) is 0 Å². The van der Waals surface area contributed by atoms with Gasteiger partial charge >= 0.3 is 0 Å². The normalized spacial score (nSPS) is 19.1. The summed E-state index contributed by atoms with van der Waals surface area (Å²) < 4.78 is 0. The molecule has 1 aromatic heterocycles. The quantitative estimate of drug-likeness (QED) is 0.653. The molecule has 0 saturated heterocycles. The Morgan fingerprint density at radius 2 is 2.00 bits per heavy atom. The molecule has 0 bridgehead atoms. The largest absolute Gasteiger partial charge is 0.351 e.